The van der Waals surface area contributed by atoms with Gasteiger partial charge in [0.05, 0.1) is 0 Å². The lowest BCUT2D eigenvalue weighted by Gasteiger charge is -2.29. The highest BCUT2D eigenvalue weighted by atomic mass is 15.1. The zero-order chi connectivity index (χ0) is 14.6. The lowest BCUT2D eigenvalue weighted by Crippen LogP contribution is -2.28. The fourth-order valence-electron chi connectivity index (χ4n) is 3.28. The summed E-state index contributed by atoms with van der Waals surface area (Å²) in [5.41, 5.74) is 8.55. The van der Waals surface area contributed by atoms with E-state index in [-0.39, 0.29) is 0 Å². The van der Waals surface area contributed by atoms with Crippen LogP contribution in [0.5, 0.6) is 0 Å². The van der Waals surface area contributed by atoms with Gasteiger partial charge in [-0.25, -0.2) is 0 Å². The second-order valence-corrected chi connectivity index (χ2v) is 7.33. The molecule has 1 saturated heterocycles. The predicted molar refractivity (Wildman–Crippen MR) is 87.8 cm³/mol. The zero-order valence-corrected chi connectivity index (χ0v) is 13.4. The number of rotatable bonds is 3. The summed E-state index contributed by atoms with van der Waals surface area (Å²) in [5, 5.41) is 0. The van der Waals surface area contributed by atoms with Crippen molar-refractivity contribution in [2.45, 2.75) is 46.5 Å². The van der Waals surface area contributed by atoms with Crippen LogP contribution in [0.2, 0.25) is 0 Å². The van der Waals surface area contributed by atoms with E-state index in [4.69, 9.17) is 5.73 Å². The molecule has 1 aliphatic rings. The van der Waals surface area contributed by atoms with E-state index in [1.54, 1.807) is 0 Å². The normalized spacial score (nSPS) is 21.6. The summed E-state index contributed by atoms with van der Waals surface area (Å²) in [5.74, 6) is 0.875. The number of nitrogens with zero attached hydrogens (tertiary/aromatic N) is 1. The van der Waals surface area contributed by atoms with Gasteiger partial charge in [0.2, 0.25) is 0 Å². The minimum atomic E-state index is 0.462. The monoisotopic (exact) mass is 274 g/mol. The van der Waals surface area contributed by atoms with Crippen LogP contribution >= 0.6 is 0 Å². The molecule has 0 bridgehead atoms. The molecule has 2 nitrogen and oxygen atoms in total. The SMILES string of the molecule is CC(C)(C)C1CCCN(CCc2cccc(N)c2)CC1. The second-order valence-electron chi connectivity index (χ2n) is 7.33. The van der Waals surface area contributed by atoms with Crippen molar-refractivity contribution in [1.82, 2.24) is 4.90 Å². The standard InChI is InChI=1S/C18H30N2/c1-18(2,3)16-7-5-11-20(13-10-16)12-9-15-6-4-8-17(19)14-15/h4,6,8,14,16H,5,7,9-13,19H2,1-3H3. The molecule has 0 saturated carbocycles. The van der Waals surface area contributed by atoms with Crippen molar-refractivity contribution < 1.29 is 0 Å². The van der Waals surface area contributed by atoms with Gasteiger partial charge >= 0.3 is 0 Å². The molecule has 1 aromatic rings. The molecule has 1 aliphatic heterocycles. The van der Waals surface area contributed by atoms with Crippen LogP contribution in [0.1, 0.15) is 45.6 Å². The predicted octanol–water partition coefficient (Wildman–Crippen LogP) is 3.96. The maximum atomic E-state index is 5.84. The first-order valence-corrected chi connectivity index (χ1v) is 8.02. The summed E-state index contributed by atoms with van der Waals surface area (Å²) in [4.78, 5) is 2.63. The molecule has 1 atom stereocenters. The number of nitrogens with two attached hydrogens (primary N) is 1. The van der Waals surface area contributed by atoms with Crippen LogP contribution in [-0.4, -0.2) is 24.5 Å². The highest BCUT2D eigenvalue weighted by Gasteiger charge is 2.26. The van der Waals surface area contributed by atoms with Gasteiger partial charge in [0.25, 0.3) is 0 Å². The van der Waals surface area contributed by atoms with Crippen molar-refractivity contribution in [2.75, 3.05) is 25.4 Å². The fourth-order valence-corrected chi connectivity index (χ4v) is 3.28. The van der Waals surface area contributed by atoms with E-state index in [2.05, 4.69) is 43.9 Å². The van der Waals surface area contributed by atoms with Crippen molar-refractivity contribution in [3.05, 3.63) is 29.8 Å². The van der Waals surface area contributed by atoms with Gasteiger partial charge < -0.3 is 10.6 Å². The molecule has 0 radical (unpaired) electrons. The van der Waals surface area contributed by atoms with Crippen molar-refractivity contribution in [3.8, 4) is 0 Å². The van der Waals surface area contributed by atoms with Gasteiger partial charge in [0.15, 0.2) is 0 Å². The van der Waals surface area contributed by atoms with Crippen LogP contribution in [0.25, 0.3) is 0 Å². The summed E-state index contributed by atoms with van der Waals surface area (Å²) in [6.07, 6.45) is 5.20. The van der Waals surface area contributed by atoms with Crippen LogP contribution in [0.4, 0.5) is 5.69 Å². The lowest BCUT2D eigenvalue weighted by molar-refractivity contribution is 0.208. The Bertz CT molecular complexity index is 420. The molecule has 2 N–H and O–H groups in total. The van der Waals surface area contributed by atoms with Gasteiger partial charge in [0.1, 0.15) is 0 Å². The van der Waals surface area contributed by atoms with Crippen molar-refractivity contribution in [1.29, 1.82) is 0 Å². The average Bonchev–Trinajstić information content (AvgIpc) is 2.61. The Hall–Kier alpha value is -1.02. The van der Waals surface area contributed by atoms with Crippen LogP contribution in [-0.2, 0) is 6.42 Å². The molecule has 1 unspecified atom stereocenters. The summed E-state index contributed by atoms with van der Waals surface area (Å²) < 4.78 is 0. The number of hydrogen-bond acceptors (Lipinski definition) is 2. The number of anilines is 1. The number of likely N-dealkylation sites (tertiary alicyclic amines) is 1. The topological polar surface area (TPSA) is 29.3 Å². The van der Waals surface area contributed by atoms with E-state index < -0.39 is 0 Å². The molecule has 0 aromatic heterocycles. The average molecular weight is 274 g/mol. The quantitative estimate of drug-likeness (QED) is 0.845. The van der Waals surface area contributed by atoms with Gasteiger partial charge in [-0.15, -0.1) is 0 Å². The van der Waals surface area contributed by atoms with Gasteiger partial charge in [-0.1, -0.05) is 32.9 Å². The van der Waals surface area contributed by atoms with Crippen LogP contribution in [0.3, 0.4) is 0 Å². The van der Waals surface area contributed by atoms with Crippen LogP contribution in [0, 0.1) is 11.3 Å². The van der Waals surface area contributed by atoms with Gasteiger partial charge in [-0.3, -0.25) is 0 Å². The summed E-state index contributed by atoms with van der Waals surface area (Å²) in [6, 6.07) is 8.31. The van der Waals surface area contributed by atoms with E-state index in [0.717, 1.165) is 18.0 Å². The number of hydrogen-bond donors (Lipinski definition) is 1. The Morgan fingerprint density at radius 3 is 2.70 bits per heavy atom. The van der Waals surface area contributed by atoms with Crippen molar-refractivity contribution in [2.24, 2.45) is 11.3 Å². The first-order valence-electron chi connectivity index (χ1n) is 8.02. The third-order valence-electron chi connectivity index (χ3n) is 4.71. The maximum absolute atomic E-state index is 5.84. The highest BCUT2D eigenvalue weighted by molar-refractivity contribution is 5.40. The molecule has 0 amide bonds. The molecule has 0 spiro atoms. The van der Waals surface area contributed by atoms with Crippen molar-refractivity contribution in [3.63, 3.8) is 0 Å². The molecule has 0 aliphatic carbocycles. The van der Waals surface area contributed by atoms with Crippen LogP contribution in [0.15, 0.2) is 24.3 Å². The van der Waals surface area contributed by atoms with Crippen LogP contribution < -0.4 is 5.73 Å². The molecular formula is C18H30N2. The minimum Gasteiger partial charge on any atom is -0.399 e. The summed E-state index contributed by atoms with van der Waals surface area (Å²) >= 11 is 0. The molecule has 2 heteroatoms. The van der Waals surface area contributed by atoms with E-state index in [9.17, 15) is 0 Å². The van der Waals surface area contributed by atoms with Gasteiger partial charge in [0, 0.05) is 12.2 Å². The molecule has 112 valence electrons. The zero-order valence-electron chi connectivity index (χ0n) is 13.4. The van der Waals surface area contributed by atoms with E-state index in [0.29, 0.717) is 5.41 Å². The van der Waals surface area contributed by atoms with Gasteiger partial charge in [-0.2, -0.15) is 0 Å². The third kappa shape index (κ3) is 4.52. The molecule has 2 rings (SSSR count). The fraction of sp³-hybridized carbons (Fsp3) is 0.667. The lowest BCUT2D eigenvalue weighted by atomic mass is 9.77. The Labute approximate surface area is 124 Å². The number of nitrogen functional groups attached to an aromatic ring is 1. The largest absolute Gasteiger partial charge is 0.399 e. The molecule has 1 heterocycles. The molecule has 20 heavy (non-hydrogen) atoms. The molecular weight excluding hydrogens is 244 g/mol. The Kier molecular flexibility index (Phi) is 5.09. The first kappa shape index (κ1) is 15.4. The Morgan fingerprint density at radius 1 is 1.20 bits per heavy atom. The minimum absolute atomic E-state index is 0.462. The first-order chi connectivity index (χ1) is 9.45. The smallest absolute Gasteiger partial charge is 0.0316 e. The van der Waals surface area contributed by atoms with E-state index >= 15 is 0 Å². The molecule has 1 aromatic carbocycles. The third-order valence-corrected chi connectivity index (χ3v) is 4.71. The van der Waals surface area contributed by atoms with E-state index in [1.165, 1.54) is 44.5 Å². The second kappa shape index (κ2) is 6.62. The summed E-state index contributed by atoms with van der Waals surface area (Å²) in [6.45, 7) is 10.8. The molecule has 1 fully saturated rings. The van der Waals surface area contributed by atoms with Gasteiger partial charge in [-0.05, 0) is 67.8 Å². The Balaban J connectivity index is 1.83. The van der Waals surface area contributed by atoms with Crippen molar-refractivity contribution >= 4 is 5.69 Å². The highest BCUT2D eigenvalue weighted by Crippen LogP contribution is 2.34. The number of benzene rings is 1. The van der Waals surface area contributed by atoms with E-state index in [1.807, 2.05) is 6.07 Å². The summed E-state index contributed by atoms with van der Waals surface area (Å²) in [7, 11) is 0. The Morgan fingerprint density at radius 2 is 2.00 bits per heavy atom. The maximum Gasteiger partial charge on any atom is 0.0316 e.